The van der Waals surface area contributed by atoms with Gasteiger partial charge in [0.15, 0.2) is 0 Å². The van der Waals surface area contributed by atoms with Crippen molar-refractivity contribution in [2.75, 3.05) is 19.0 Å². The topological polar surface area (TPSA) is 84.5 Å². The molecule has 1 saturated carbocycles. The Labute approximate surface area is 129 Å². The maximum absolute atomic E-state index is 11.9. The Morgan fingerprint density at radius 1 is 1.23 bits per heavy atom. The number of methoxy groups -OCH3 is 1. The van der Waals surface area contributed by atoms with Gasteiger partial charge in [0.2, 0.25) is 5.91 Å². The summed E-state index contributed by atoms with van der Waals surface area (Å²) in [4.78, 5) is 34.6. The van der Waals surface area contributed by atoms with E-state index >= 15 is 0 Å². The number of anilines is 1. The summed E-state index contributed by atoms with van der Waals surface area (Å²) < 4.78 is 4.49. The van der Waals surface area contributed by atoms with Crippen LogP contribution in [0.3, 0.4) is 0 Å². The number of hydrogen-bond acceptors (Lipinski definition) is 4. The molecule has 1 aromatic carbocycles. The molecule has 0 aromatic heterocycles. The highest BCUT2D eigenvalue weighted by Crippen LogP contribution is 2.38. The number of amides is 2. The number of ether oxygens (including phenoxy) is 1. The van der Waals surface area contributed by atoms with Gasteiger partial charge in [0.05, 0.1) is 13.5 Å². The second-order valence-corrected chi connectivity index (χ2v) is 5.47. The van der Waals surface area contributed by atoms with Crippen molar-refractivity contribution in [3.05, 3.63) is 29.8 Å². The van der Waals surface area contributed by atoms with E-state index in [4.69, 9.17) is 0 Å². The van der Waals surface area contributed by atoms with Crippen LogP contribution in [0.5, 0.6) is 0 Å². The van der Waals surface area contributed by atoms with Crippen molar-refractivity contribution in [2.45, 2.75) is 19.8 Å². The third kappa shape index (κ3) is 4.31. The second-order valence-electron chi connectivity index (χ2n) is 5.47. The molecule has 1 aromatic rings. The molecule has 2 rings (SSSR count). The van der Waals surface area contributed by atoms with Gasteiger partial charge in [-0.05, 0) is 36.6 Å². The van der Waals surface area contributed by atoms with E-state index < -0.39 is 0 Å². The number of rotatable bonds is 6. The molecule has 0 saturated heterocycles. The van der Waals surface area contributed by atoms with Gasteiger partial charge in [-0.3, -0.25) is 14.4 Å². The summed E-state index contributed by atoms with van der Waals surface area (Å²) >= 11 is 0. The lowest BCUT2D eigenvalue weighted by atomic mass is 10.2. The predicted molar refractivity (Wildman–Crippen MR) is 81.3 cm³/mol. The van der Waals surface area contributed by atoms with Crippen LogP contribution in [0, 0.1) is 11.8 Å². The first-order valence-corrected chi connectivity index (χ1v) is 7.27. The van der Waals surface area contributed by atoms with Gasteiger partial charge < -0.3 is 15.4 Å². The zero-order chi connectivity index (χ0) is 16.1. The van der Waals surface area contributed by atoms with Crippen molar-refractivity contribution in [1.82, 2.24) is 5.32 Å². The van der Waals surface area contributed by atoms with Crippen molar-refractivity contribution >= 4 is 23.5 Å². The summed E-state index contributed by atoms with van der Waals surface area (Å²) in [6.45, 7) is 2.27. The molecule has 2 N–H and O–H groups in total. The molecule has 2 amide bonds. The lowest BCUT2D eigenvalue weighted by Gasteiger charge is -2.07. The van der Waals surface area contributed by atoms with Crippen LogP contribution in [0.4, 0.5) is 5.69 Å². The first kappa shape index (κ1) is 16.0. The molecule has 0 bridgehead atoms. The maximum Gasteiger partial charge on any atom is 0.307 e. The van der Waals surface area contributed by atoms with Crippen LogP contribution in [0.25, 0.3) is 0 Å². The summed E-state index contributed by atoms with van der Waals surface area (Å²) in [6.07, 6.45) is 1.07. The molecule has 1 aliphatic carbocycles. The lowest BCUT2D eigenvalue weighted by molar-refractivity contribution is -0.140. The van der Waals surface area contributed by atoms with Crippen LogP contribution in [-0.2, 0) is 14.3 Å². The van der Waals surface area contributed by atoms with Gasteiger partial charge >= 0.3 is 5.97 Å². The number of benzene rings is 1. The molecule has 6 heteroatoms. The third-order valence-corrected chi connectivity index (χ3v) is 3.70. The minimum absolute atomic E-state index is 0.0304. The summed E-state index contributed by atoms with van der Waals surface area (Å²) in [5.74, 6) is -0.0332. The van der Waals surface area contributed by atoms with Crippen LogP contribution in [0.2, 0.25) is 0 Å². The molecule has 2 atom stereocenters. The van der Waals surface area contributed by atoms with Crippen molar-refractivity contribution < 1.29 is 19.1 Å². The minimum Gasteiger partial charge on any atom is -0.469 e. The number of esters is 1. The third-order valence-electron chi connectivity index (χ3n) is 3.70. The van der Waals surface area contributed by atoms with Gasteiger partial charge in [-0.25, -0.2) is 0 Å². The highest BCUT2D eigenvalue weighted by atomic mass is 16.5. The Morgan fingerprint density at radius 3 is 2.41 bits per heavy atom. The molecule has 0 heterocycles. The van der Waals surface area contributed by atoms with Gasteiger partial charge in [-0.1, -0.05) is 6.92 Å². The van der Waals surface area contributed by atoms with Crippen LogP contribution >= 0.6 is 0 Å². The fourth-order valence-corrected chi connectivity index (χ4v) is 2.11. The molecular weight excluding hydrogens is 284 g/mol. The zero-order valence-electron chi connectivity index (χ0n) is 12.7. The van der Waals surface area contributed by atoms with E-state index in [9.17, 15) is 14.4 Å². The van der Waals surface area contributed by atoms with Crippen LogP contribution in [0.15, 0.2) is 24.3 Å². The molecular formula is C16H20N2O4. The van der Waals surface area contributed by atoms with Crippen molar-refractivity contribution in [3.8, 4) is 0 Å². The fraction of sp³-hybridized carbons (Fsp3) is 0.438. The minimum atomic E-state index is -0.368. The Balaban J connectivity index is 1.81. The SMILES string of the molecule is COC(=O)CCNC(=O)c1ccc(NC(=O)C2CC2C)cc1. The first-order valence-electron chi connectivity index (χ1n) is 7.27. The van der Waals surface area contributed by atoms with Gasteiger partial charge in [0.25, 0.3) is 5.91 Å². The molecule has 0 spiro atoms. The molecule has 1 fully saturated rings. The predicted octanol–water partition coefficient (Wildman–Crippen LogP) is 1.57. The smallest absolute Gasteiger partial charge is 0.307 e. The summed E-state index contributed by atoms with van der Waals surface area (Å²) in [7, 11) is 1.31. The van der Waals surface area contributed by atoms with E-state index in [0.29, 0.717) is 17.2 Å². The molecule has 1 aliphatic rings. The normalized spacial score (nSPS) is 19.2. The van der Waals surface area contributed by atoms with E-state index in [2.05, 4.69) is 15.4 Å². The van der Waals surface area contributed by atoms with Crippen LogP contribution in [0.1, 0.15) is 30.1 Å². The van der Waals surface area contributed by atoms with Gasteiger partial charge in [-0.2, -0.15) is 0 Å². The largest absolute Gasteiger partial charge is 0.469 e. The molecule has 2 unspecified atom stereocenters. The monoisotopic (exact) mass is 304 g/mol. The van der Waals surface area contributed by atoms with Crippen molar-refractivity contribution in [3.63, 3.8) is 0 Å². The Kier molecular flexibility index (Phi) is 5.14. The average Bonchev–Trinajstić information content (AvgIpc) is 3.24. The fourth-order valence-electron chi connectivity index (χ4n) is 2.11. The summed E-state index contributed by atoms with van der Waals surface area (Å²) in [6, 6.07) is 6.67. The number of hydrogen-bond donors (Lipinski definition) is 2. The first-order chi connectivity index (χ1) is 10.5. The van der Waals surface area contributed by atoms with Gasteiger partial charge in [-0.15, -0.1) is 0 Å². The number of carbonyl (C=O) groups excluding carboxylic acids is 3. The van der Waals surface area contributed by atoms with Crippen LogP contribution < -0.4 is 10.6 Å². The Bertz CT molecular complexity index is 568. The molecule has 0 aliphatic heterocycles. The molecule has 6 nitrogen and oxygen atoms in total. The zero-order valence-corrected chi connectivity index (χ0v) is 12.7. The van der Waals surface area contributed by atoms with Crippen LogP contribution in [-0.4, -0.2) is 31.4 Å². The molecule has 0 radical (unpaired) electrons. The highest BCUT2D eigenvalue weighted by Gasteiger charge is 2.38. The summed E-state index contributed by atoms with van der Waals surface area (Å²) in [5.41, 5.74) is 1.15. The van der Waals surface area contributed by atoms with E-state index in [0.717, 1.165) is 6.42 Å². The molecule has 22 heavy (non-hydrogen) atoms. The van der Waals surface area contributed by atoms with E-state index in [1.165, 1.54) is 7.11 Å². The highest BCUT2D eigenvalue weighted by molar-refractivity contribution is 5.97. The Morgan fingerprint density at radius 2 is 1.86 bits per heavy atom. The maximum atomic E-state index is 11.9. The second kappa shape index (κ2) is 7.06. The number of carbonyl (C=O) groups is 3. The quantitative estimate of drug-likeness (QED) is 0.781. The average molecular weight is 304 g/mol. The van der Waals surface area contributed by atoms with Crippen molar-refractivity contribution in [1.29, 1.82) is 0 Å². The number of nitrogens with one attached hydrogen (secondary N) is 2. The van der Waals surface area contributed by atoms with E-state index in [1.54, 1.807) is 24.3 Å². The van der Waals surface area contributed by atoms with Gasteiger partial charge in [0.1, 0.15) is 0 Å². The van der Waals surface area contributed by atoms with E-state index in [1.807, 2.05) is 6.92 Å². The van der Waals surface area contributed by atoms with E-state index in [-0.39, 0.29) is 36.7 Å². The standard InChI is InChI=1S/C16H20N2O4/c1-10-9-13(10)16(21)18-12-5-3-11(4-6-12)15(20)17-8-7-14(19)22-2/h3-6,10,13H,7-9H2,1-2H3,(H,17,20)(H,18,21). The van der Waals surface area contributed by atoms with Crippen molar-refractivity contribution in [2.24, 2.45) is 11.8 Å². The lowest BCUT2D eigenvalue weighted by Crippen LogP contribution is -2.26. The van der Waals surface area contributed by atoms with Gasteiger partial charge in [0, 0.05) is 23.7 Å². The summed E-state index contributed by atoms with van der Waals surface area (Å²) in [5, 5.41) is 5.47. The Hall–Kier alpha value is -2.37. The molecule has 118 valence electrons.